The first-order valence-electron chi connectivity index (χ1n) is 9.42. The highest BCUT2D eigenvalue weighted by molar-refractivity contribution is 5.81. The molecule has 2 rings (SSSR count). The maximum atomic E-state index is 11.8. The zero-order valence-corrected chi connectivity index (χ0v) is 16.3. The van der Waals surface area contributed by atoms with Crippen molar-refractivity contribution in [3.05, 3.63) is 53.2 Å². The van der Waals surface area contributed by atoms with Crippen molar-refractivity contribution in [1.82, 2.24) is 4.98 Å². The number of benzene rings is 1. The molecule has 6 heteroatoms. The van der Waals surface area contributed by atoms with E-state index in [9.17, 15) is 14.4 Å². The molecule has 0 N–H and O–H groups in total. The number of esters is 2. The molecule has 1 aromatic carbocycles. The van der Waals surface area contributed by atoms with E-state index >= 15 is 0 Å². The fraction of sp³-hybridized carbons (Fsp3) is 0.364. The minimum absolute atomic E-state index is 0.202. The Hall–Kier alpha value is -3.02. The Balaban J connectivity index is 2.42. The summed E-state index contributed by atoms with van der Waals surface area (Å²) in [6, 6.07) is 9.10. The van der Waals surface area contributed by atoms with E-state index < -0.39 is 0 Å². The molecule has 0 amide bonds. The van der Waals surface area contributed by atoms with Gasteiger partial charge in [-0.05, 0) is 62.1 Å². The minimum Gasteiger partial charge on any atom is -0.466 e. The Kier molecular flexibility index (Phi) is 8.34. The maximum Gasteiger partial charge on any atom is 0.306 e. The van der Waals surface area contributed by atoms with E-state index in [4.69, 9.17) is 9.47 Å². The number of aryl methyl sites for hydroxylation is 2. The van der Waals surface area contributed by atoms with Crippen molar-refractivity contribution < 1.29 is 23.9 Å². The van der Waals surface area contributed by atoms with Gasteiger partial charge in [-0.1, -0.05) is 6.07 Å². The molecule has 1 aromatic heterocycles. The number of nitrogens with zero attached hydrogens (tertiary/aromatic N) is 1. The second-order valence-electron chi connectivity index (χ2n) is 6.16. The van der Waals surface area contributed by atoms with E-state index in [1.54, 1.807) is 32.2 Å². The number of hydrogen-bond acceptors (Lipinski definition) is 6. The summed E-state index contributed by atoms with van der Waals surface area (Å²) in [6.45, 7) is 4.17. The quantitative estimate of drug-likeness (QED) is 0.461. The summed E-state index contributed by atoms with van der Waals surface area (Å²) < 4.78 is 10.0. The average molecular weight is 383 g/mol. The molecular weight excluding hydrogens is 358 g/mol. The first-order chi connectivity index (χ1) is 13.6. The highest BCUT2D eigenvalue weighted by Crippen LogP contribution is 2.30. The first-order valence-corrected chi connectivity index (χ1v) is 9.42. The molecule has 0 aliphatic carbocycles. The zero-order chi connectivity index (χ0) is 20.4. The zero-order valence-electron chi connectivity index (χ0n) is 16.3. The summed E-state index contributed by atoms with van der Waals surface area (Å²) in [7, 11) is 0. The van der Waals surface area contributed by atoms with Crippen LogP contribution in [0, 0.1) is 0 Å². The molecule has 0 saturated heterocycles. The molecule has 6 nitrogen and oxygen atoms in total. The number of carbonyl (C=O) groups excluding carboxylic acids is 3. The summed E-state index contributed by atoms with van der Waals surface area (Å²) in [5.41, 5.74) is 3.74. The van der Waals surface area contributed by atoms with Crippen LogP contribution in [0.5, 0.6) is 0 Å². The second kappa shape index (κ2) is 11.0. The van der Waals surface area contributed by atoms with E-state index in [-0.39, 0.29) is 24.8 Å². The van der Waals surface area contributed by atoms with E-state index in [1.165, 1.54) is 0 Å². The van der Waals surface area contributed by atoms with Gasteiger partial charge in [0.05, 0.1) is 18.9 Å². The van der Waals surface area contributed by atoms with Crippen LogP contribution in [0.1, 0.15) is 48.2 Å². The van der Waals surface area contributed by atoms with Gasteiger partial charge in [0.2, 0.25) is 0 Å². The van der Waals surface area contributed by atoms with Crippen molar-refractivity contribution >= 4 is 18.2 Å². The highest BCUT2D eigenvalue weighted by Gasteiger charge is 2.16. The fourth-order valence-corrected chi connectivity index (χ4v) is 3.04. The molecule has 1 heterocycles. The van der Waals surface area contributed by atoms with Crippen LogP contribution >= 0.6 is 0 Å². The number of aldehydes is 1. The van der Waals surface area contributed by atoms with Gasteiger partial charge in [-0.3, -0.25) is 19.4 Å². The maximum absolute atomic E-state index is 11.8. The third kappa shape index (κ3) is 6.01. The lowest BCUT2D eigenvalue weighted by Crippen LogP contribution is -2.09. The third-order valence-corrected chi connectivity index (χ3v) is 4.19. The molecule has 0 bridgehead atoms. The molecule has 28 heavy (non-hydrogen) atoms. The lowest BCUT2D eigenvalue weighted by Gasteiger charge is -2.16. The Morgan fingerprint density at radius 1 is 0.964 bits per heavy atom. The summed E-state index contributed by atoms with van der Waals surface area (Å²) >= 11 is 0. The summed E-state index contributed by atoms with van der Waals surface area (Å²) in [5, 5.41) is 0. The first kappa shape index (κ1) is 21.3. The van der Waals surface area contributed by atoms with Crippen LogP contribution in [-0.4, -0.2) is 36.4 Å². The monoisotopic (exact) mass is 383 g/mol. The number of carbonyl (C=O) groups is 3. The van der Waals surface area contributed by atoms with Crippen LogP contribution in [0.25, 0.3) is 11.3 Å². The van der Waals surface area contributed by atoms with Crippen LogP contribution < -0.4 is 0 Å². The molecule has 0 saturated carbocycles. The van der Waals surface area contributed by atoms with Crippen molar-refractivity contribution in [3.63, 3.8) is 0 Å². The van der Waals surface area contributed by atoms with Crippen LogP contribution in [0.4, 0.5) is 0 Å². The SMILES string of the molecule is CCOC(=O)CCc1cc(C=O)cc(CCC(=O)OCC)c1-c1ccccn1. The Morgan fingerprint density at radius 3 is 1.96 bits per heavy atom. The molecule has 0 unspecified atom stereocenters. The van der Waals surface area contributed by atoms with Crippen LogP contribution in [0.15, 0.2) is 36.5 Å². The molecule has 0 fully saturated rings. The number of aromatic nitrogens is 1. The lowest BCUT2D eigenvalue weighted by molar-refractivity contribution is -0.143. The van der Waals surface area contributed by atoms with Gasteiger partial charge in [0, 0.05) is 30.2 Å². The summed E-state index contributed by atoms with van der Waals surface area (Å²) in [5.74, 6) is -0.585. The Labute approximate surface area is 164 Å². The van der Waals surface area contributed by atoms with Crippen molar-refractivity contribution in [2.75, 3.05) is 13.2 Å². The number of hydrogen-bond donors (Lipinski definition) is 0. The average Bonchev–Trinajstić information content (AvgIpc) is 2.71. The van der Waals surface area contributed by atoms with Crippen molar-refractivity contribution in [2.24, 2.45) is 0 Å². The number of ether oxygens (including phenoxy) is 2. The second-order valence-corrected chi connectivity index (χ2v) is 6.16. The highest BCUT2D eigenvalue weighted by atomic mass is 16.5. The topological polar surface area (TPSA) is 82.6 Å². The third-order valence-electron chi connectivity index (χ3n) is 4.19. The van der Waals surface area contributed by atoms with E-state index in [0.717, 1.165) is 28.7 Å². The van der Waals surface area contributed by atoms with Gasteiger partial charge in [-0.2, -0.15) is 0 Å². The predicted octanol–water partition coefficient (Wildman–Crippen LogP) is 3.55. The predicted molar refractivity (Wildman–Crippen MR) is 105 cm³/mol. The Morgan fingerprint density at radius 2 is 1.54 bits per heavy atom. The standard InChI is InChI=1S/C22H25NO5/c1-3-27-20(25)10-8-17-13-16(15-24)14-18(9-11-21(26)28-4-2)22(17)19-7-5-6-12-23-19/h5-7,12-15H,3-4,8-11H2,1-2H3. The van der Waals surface area contributed by atoms with Gasteiger partial charge in [0.1, 0.15) is 6.29 Å². The molecule has 0 aliphatic heterocycles. The van der Waals surface area contributed by atoms with Crippen LogP contribution in [0.3, 0.4) is 0 Å². The van der Waals surface area contributed by atoms with E-state index in [1.807, 2.05) is 18.2 Å². The molecule has 0 atom stereocenters. The van der Waals surface area contributed by atoms with Crippen LogP contribution in [0.2, 0.25) is 0 Å². The van der Waals surface area contributed by atoms with Gasteiger partial charge < -0.3 is 9.47 Å². The van der Waals surface area contributed by atoms with E-state index in [2.05, 4.69) is 4.98 Å². The normalized spacial score (nSPS) is 10.4. The molecule has 148 valence electrons. The smallest absolute Gasteiger partial charge is 0.306 e. The summed E-state index contributed by atoms with van der Waals surface area (Å²) in [6.07, 6.45) is 3.69. The molecule has 0 aliphatic rings. The minimum atomic E-state index is -0.293. The van der Waals surface area contributed by atoms with Gasteiger partial charge in [-0.15, -0.1) is 0 Å². The molecular formula is C22H25NO5. The van der Waals surface area contributed by atoms with E-state index in [0.29, 0.717) is 31.6 Å². The fourth-order valence-electron chi connectivity index (χ4n) is 3.04. The van der Waals surface area contributed by atoms with Crippen molar-refractivity contribution in [3.8, 4) is 11.3 Å². The van der Waals surface area contributed by atoms with Crippen molar-refractivity contribution in [2.45, 2.75) is 39.5 Å². The number of rotatable bonds is 10. The van der Waals surface area contributed by atoms with Gasteiger partial charge in [0.15, 0.2) is 0 Å². The van der Waals surface area contributed by atoms with Gasteiger partial charge in [-0.25, -0.2) is 0 Å². The van der Waals surface area contributed by atoms with Crippen LogP contribution in [-0.2, 0) is 31.9 Å². The molecule has 0 radical (unpaired) electrons. The molecule has 2 aromatic rings. The van der Waals surface area contributed by atoms with Gasteiger partial charge in [0.25, 0.3) is 0 Å². The van der Waals surface area contributed by atoms with Crippen molar-refractivity contribution in [1.29, 1.82) is 0 Å². The lowest BCUT2D eigenvalue weighted by atomic mass is 9.90. The Bertz CT molecular complexity index is 774. The summed E-state index contributed by atoms with van der Waals surface area (Å²) in [4.78, 5) is 39.5. The molecule has 0 spiro atoms. The number of pyridine rings is 1. The largest absolute Gasteiger partial charge is 0.466 e. The van der Waals surface area contributed by atoms with Gasteiger partial charge >= 0.3 is 11.9 Å².